The number of nitrogens with one attached hydrogen (secondary N) is 2. The van der Waals surface area contributed by atoms with Crippen LogP contribution in [-0.4, -0.2) is 35.0 Å². The van der Waals surface area contributed by atoms with Gasteiger partial charge < -0.3 is 14.6 Å². The zero-order valence-corrected chi connectivity index (χ0v) is 17.6. The van der Waals surface area contributed by atoms with Gasteiger partial charge in [0.25, 0.3) is 5.91 Å². The normalized spacial score (nSPS) is 12.9. The second-order valence-corrected chi connectivity index (χ2v) is 6.86. The fourth-order valence-electron chi connectivity index (χ4n) is 2.95. The van der Waals surface area contributed by atoms with Gasteiger partial charge in [0.1, 0.15) is 5.75 Å². The summed E-state index contributed by atoms with van der Waals surface area (Å²) in [5.74, 6) is -0.533. The number of phenols is 1. The summed E-state index contributed by atoms with van der Waals surface area (Å²) in [7, 11) is 0. The summed E-state index contributed by atoms with van der Waals surface area (Å²) >= 11 is 0. The molecule has 2 atom stereocenters. The van der Waals surface area contributed by atoms with Crippen molar-refractivity contribution in [2.75, 3.05) is 11.9 Å². The summed E-state index contributed by atoms with van der Waals surface area (Å²) in [6, 6.07) is 13.7. The SMILES string of the molecule is CCO[C@@H](CC/C=C/C(=O)NO)[C@@H](OC(=O)Nc1ccc(C)cc1)c1ccc(O)cc1. The Labute approximate surface area is 181 Å². The number of hydrogen-bond acceptors (Lipinski definition) is 6. The van der Waals surface area contributed by atoms with Crippen LogP contribution in [0.1, 0.15) is 37.0 Å². The lowest BCUT2D eigenvalue weighted by molar-refractivity contribution is -0.124. The van der Waals surface area contributed by atoms with E-state index in [0.29, 0.717) is 30.7 Å². The van der Waals surface area contributed by atoms with Gasteiger partial charge in [0.2, 0.25) is 0 Å². The molecular formula is C23H28N2O6. The Morgan fingerprint density at radius 1 is 1.10 bits per heavy atom. The van der Waals surface area contributed by atoms with Crippen LogP contribution in [0.5, 0.6) is 5.75 Å². The minimum absolute atomic E-state index is 0.0949. The van der Waals surface area contributed by atoms with Crippen LogP contribution in [0, 0.1) is 6.92 Å². The smallest absolute Gasteiger partial charge is 0.412 e. The zero-order valence-electron chi connectivity index (χ0n) is 17.6. The number of phenolic OH excluding ortho intramolecular Hbond substituents is 1. The molecule has 0 aliphatic heterocycles. The first-order valence-corrected chi connectivity index (χ1v) is 9.98. The van der Waals surface area contributed by atoms with E-state index in [1.54, 1.807) is 30.3 Å². The molecule has 0 saturated carbocycles. The number of anilines is 1. The van der Waals surface area contributed by atoms with Crippen molar-refractivity contribution in [3.05, 3.63) is 71.8 Å². The summed E-state index contributed by atoms with van der Waals surface area (Å²) in [4.78, 5) is 23.7. The molecule has 8 heteroatoms. The van der Waals surface area contributed by atoms with Crippen molar-refractivity contribution in [3.8, 4) is 5.75 Å². The minimum Gasteiger partial charge on any atom is -0.508 e. The van der Waals surface area contributed by atoms with Gasteiger partial charge in [-0.1, -0.05) is 35.9 Å². The number of carbonyl (C=O) groups excluding carboxylic acids is 2. The van der Waals surface area contributed by atoms with Crippen molar-refractivity contribution in [2.45, 2.75) is 38.9 Å². The maximum absolute atomic E-state index is 12.6. The monoisotopic (exact) mass is 428 g/mol. The van der Waals surface area contributed by atoms with Crippen LogP contribution in [0.15, 0.2) is 60.7 Å². The first kappa shape index (κ1) is 23.9. The van der Waals surface area contributed by atoms with Gasteiger partial charge in [-0.15, -0.1) is 0 Å². The van der Waals surface area contributed by atoms with Crippen molar-refractivity contribution in [3.63, 3.8) is 0 Å². The molecule has 0 radical (unpaired) electrons. The molecule has 166 valence electrons. The van der Waals surface area contributed by atoms with E-state index < -0.39 is 24.2 Å². The highest BCUT2D eigenvalue weighted by atomic mass is 16.6. The Bertz CT molecular complexity index is 865. The van der Waals surface area contributed by atoms with Crippen LogP contribution in [0.2, 0.25) is 0 Å². The molecule has 2 amide bonds. The quantitative estimate of drug-likeness (QED) is 0.255. The van der Waals surface area contributed by atoms with E-state index in [-0.39, 0.29) is 5.75 Å². The van der Waals surface area contributed by atoms with Crippen LogP contribution >= 0.6 is 0 Å². The molecule has 0 spiro atoms. The lowest BCUT2D eigenvalue weighted by atomic mass is 10.00. The van der Waals surface area contributed by atoms with E-state index in [0.717, 1.165) is 5.56 Å². The Balaban J connectivity index is 2.17. The third-order valence-electron chi connectivity index (χ3n) is 4.47. The topological polar surface area (TPSA) is 117 Å². The molecule has 31 heavy (non-hydrogen) atoms. The lowest BCUT2D eigenvalue weighted by Gasteiger charge is -2.27. The van der Waals surface area contributed by atoms with Crippen LogP contribution in [-0.2, 0) is 14.3 Å². The molecule has 2 aromatic carbocycles. The molecule has 0 aliphatic carbocycles. The number of rotatable bonds is 10. The van der Waals surface area contributed by atoms with Crippen LogP contribution < -0.4 is 10.8 Å². The number of hydroxylamine groups is 1. The van der Waals surface area contributed by atoms with Gasteiger partial charge in [0.15, 0.2) is 6.10 Å². The molecule has 4 N–H and O–H groups in total. The van der Waals surface area contributed by atoms with Gasteiger partial charge in [-0.3, -0.25) is 15.3 Å². The first-order chi connectivity index (χ1) is 14.9. The second kappa shape index (κ2) is 12.4. The average Bonchev–Trinajstić information content (AvgIpc) is 2.76. The van der Waals surface area contributed by atoms with Crippen molar-refractivity contribution in [1.82, 2.24) is 5.48 Å². The van der Waals surface area contributed by atoms with Gasteiger partial charge in [0.05, 0.1) is 6.10 Å². The number of hydrogen-bond donors (Lipinski definition) is 4. The molecule has 0 aliphatic rings. The summed E-state index contributed by atoms with van der Waals surface area (Å²) in [6.45, 7) is 4.18. The van der Waals surface area contributed by atoms with E-state index in [9.17, 15) is 14.7 Å². The number of ether oxygens (including phenoxy) is 2. The molecule has 2 rings (SSSR count). The maximum Gasteiger partial charge on any atom is 0.412 e. The van der Waals surface area contributed by atoms with Crippen molar-refractivity contribution < 1.29 is 29.4 Å². The zero-order chi connectivity index (χ0) is 22.6. The number of aryl methyl sites for hydroxylation is 1. The fraction of sp³-hybridized carbons (Fsp3) is 0.304. The number of benzene rings is 2. The molecule has 8 nitrogen and oxygen atoms in total. The van der Waals surface area contributed by atoms with Gasteiger partial charge in [0, 0.05) is 18.4 Å². The first-order valence-electron chi connectivity index (χ1n) is 9.98. The number of carbonyl (C=O) groups is 2. The van der Waals surface area contributed by atoms with Crippen molar-refractivity contribution in [1.29, 1.82) is 0 Å². The lowest BCUT2D eigenvalue weighted by Crippen LogP contribution is -2.29. The number of aromatic hydroxyl groups is 1. The van der Waals surface area contributed by atoms with Crippen LogP contribution in [0.3, 0.4) is 0 Å². The second-order valence-electron chi connectivity index (χ2n) is 6.86. The van der Waals surface area contributed by atoms with E-state index in [4.69, 9.17) is 14.7 Å². The highest BCUT2D eigenvalue weighted by molar-refractivity contribution is 5.86. The van der Waals surface area contributed by atoms with Gasteiger partial charge in [-0.25, -0.2) is 10.3 Å². The maximum atomic E-state index is 12.6. The largest absolute Gasteiger partial charge is 0.508 e. The summed E-state index contributed by atoms with van der Waals surface area (Å²) in [6.07, 6.45) is 1.83. The predicted molar refractivity (Wildman–Crippen MR) is 116 cm³/mol. The summed E-state index contributed by atoms with van der Waals surface area (Å²) < 4.78 is 11.6. The summed E-state index contributed by atoms with van der Waals surface area (Å²) in [5, 5.41) is 20.9. The fourth-order valence-corrected chi connectivity index (χ4v) is 2.95. The highest BCUT2D eigenvalue weighted by Crippen LogP contribution is 2.29. The van der Waals surface area contributed by atoms with E-state index in [1.165, 1.54) is 23.7 Å². The predicted octanol–water partition coefficient (Wildman–Crippen LogP) is 4.24. The molecular weight excluding hydrogens is 400 g/mol. The van der Waals surface area contributed by atoms with Crippen molar-refractivity contribution in [2.24, 2.45) is 0 Å². The van der Waals surface area contributed by atoms with E-state index in [2.05, 4.69) is 5.32 Å². The third kappa shape index (κ3) is 8.12. The Hall–Kier alpha value is -3.36. The Kier molecular flexibility index (Phi) is 9.54. The number of allylic oxidation sites excluding steroid dienone is 1. The van der Waals surface area contributed by atoms with Gasteiger partial charge in [-0.2, -0.15) is 0 Å². The molecule has 2 aromatic rings. The molecule has 0 unspecified atom stereocenters. The third-order valence-corrected chi connectivity index (χ3v) is 4.47. The molecule has 0 bridgehead atoms. The molecule has 0 fully saturated rings. The molecule has 0 heterocycles. The average molecular weight is 428 g/mol. The standard InChI is InChI=1S/C23H28N2O6/c1-3-30-20(6-4-5-7-21(27)25-29)22(17-10-14-19(26)15-11-17)31-23(28)24-18-12-8-16(2)9-13-18/h5,7-15,20,22,26,29H,3-4,6H2,1-2H3,(H,24,28)(H,25,27)/b7-5+/t20-,22-/m0/s1. The van der Waals surface area contributed by atoms with Crippen LogP contribution in [0.4, 0.5) is 10.5 Å². The molecule has 0 aromatic heterocycles. The summed E-state index contributed by atoms with van der Waals surface area (Å²) in [5.41, 5.74) is 3.86. The van der Waals surface area contributed by atoms with E-state index in [1.807, 2.05) is 26.0 Å². The minimum atomic E-state index is -0.744. The van der Waals surface area contributed by atoms with E-state index >= 15 is 0 Å². The highest BCUT2D eigenvalue weighted by Gasteiger charge is 2.27. The van der Waals surface area contributed by atoms with Gasteiger partial charge >= 0.3 is 6.09 Å². The number of amides is 2. The van der Waals surface area contributed by atoms with Crippen LogP contribution in [0.25, 0.3) is 0 Å². The Morgan fingerprint density at radius 2 is 1.77 bits per heavy atom. The Morgan fingerprint density at radius 3 is 2.39 bits per heavy atom. The molecule has 0 saturated heterocycles. The van der Waals surface area contributed by atoms with Gasteiger partial charge in [-0.05, 0) is 56.5 Å². The van der Waals surface area contributed by atoms with Crippen molar-refractivity contribution >= 4 is 17.7 Å².